The fourth-order valence-corrected chi connectivity index (χ4v) is 3.67. The highest BCUT2D eigenvalue weighted by molar-refractivity contribution is 6.06. The molecular formula is C26H33N3O6. The summed E-state index contributed by atoms with van der Waals surface area (Å²) >= 11 is 0. The van der Waals surface area contributed by atoms with Crippen LogP contribution in [0, 0.1) is 0 Å². The average molecular weight is 484 g/mol. The molecule has 0 aliphatic carbocycles. The molecule has 9 heteroatoms. The maximum absolute atomic E-state index is 12.7. The molecule has 1 atom stereocenters. The molecule has 4 amide bonds. The lowest BCUT2D eigenvalue weighted by molar-refractivity contribution is -0.165. The molecule has 0 radical (unpaired) electrons. The number of carbonyl (C=O) groups is 3. The van der Waals surface area contributed by atoms with E-state index in [0.717, 1.165) is 34.6 Å². The van der Waals surface area contributed by atoms with Crippen LogP contribution in [0.1, 0.15) is 33.6 Å². The number of hydrogen-bond donors (Lipinski definition) is 1. The first-order valence-electron chi connectivity index (χ1n) is 11.7. The highest BCUT2D eigenvalue weighted by atomic mass is 16.5. The van der Waals surface area contributed by atoms with Crippen molar-refractivity contribution in [3.05, 3.63) is 48.5 Å². The molecule has 1 heterocycles. The summed E-state index contributed by atoms with van der Waals surface area (Å²) < 4.78 is 11.5. The van der Waals surface area contributed by atoms with Crippen molar-refractivity contribution in [1.82, 2.24) is 14.9 Å². The Bertz CT molecular complexity index is 1020. The van der Waals surface area contributed by atoms with Crippen LogP contribution in [0.3, 0.4) is 0 Å². The zero-order valence-corrected chi connectivity index (χ0v) is 20.6. The summed E-state index contributed by atoms with van der Waals surface area (Å²) in [5, 5.41) is 10.4. The standard InChI is InChI=1S/C26H33N3O6/c1-5-6-15-34-22-11-7-19(8-12-22)20-9-13-23(14-10-20)35-17-21(29(33)18-30)16-28-24(31)26(2,3)27(4)25(28)32/h7-14,18,21,33H,5-6,15-17H2,1-4H3/t21-/m1/s1. The van der Waals surface area contributed by atoms with E-state index in [1.807, 2.05) is 36.4 Å². The number of ether oxygens (including phenoxy) is 2. The number of rotatable bonds is 12. The van der Waals surface area contributed by atoms with Crippen molar-refractivity contribution in [2.24, 2.45) is 0 Å². The van der Waals surface area contributed by atoms with E-state index in [9.17, 15) is 19.6 Å². The maximum atomic E-state index is 12.7. The van der Waals surface area contributed by atoms with E-state index in [2.05, 4.69) is 6.92 Å². The lowest BCUT2D eigenvalue weighted by Gasteiger charge is -2.26. The molecule has 0 aromatic heterocycles. The van der Waals surface area contributed by atoms with Crippen LogP contribution >= 0.6 is 0 Å². The zero-order chi connectivity index (χ0) is 25.6. The van der Waals surface area contributed by atoms with Crippen molar-refractivity contribution in [3.63, 3.8) is 0 Å². The third kappa shape index (κ3) is 5.92. The van der Waals surface area contributed by atoms with E-state index in [0.29, 0.717) is 17.4 Å². The summed E-state index contributed by atoms with van der Waals surface area (Å²) in [6, 6.07) is 13.8. The Balaban J connectivity index is 1.62. The molecule has 2 aromatic rings. The van der Waals surface area contributed by atoms with Crippen molar-refractivity contribution in [1.29, 1.82) is 0 Å². The summed E-state index contributed by atoms with van der Waals surface area (Å²) in [7, 11) is 1.54. The number of hydroxylamine groups is 2. The molecule has 3 rings (SSSR count). The Morgan fingerprint density at radius 3 is 2.00 bits per heavy atom. The Morgan fingerprint density at radius 2 is 1.54 bits per heavy atom. The summed E-state index contributed by atoms with van der Waals surface area (Å²) in [5.74, 6) is 0.955. The molecule has 2 aromatic carbocycles. The zero-order valence-electron chi connectivity index (χ0n) is 20.6. The first-order chi connectivity index (χ1) is 16.7. The molecule has 0 saturated carbocycles. The van der Waals surface area contributed by atoms with Crippen LogP contribution in [-0.4, -0.2) is 76.8 Å². The van der Waals surface area contributed by atoms with Gasteiger partial charge in [-0.1, -0.05) is 37.6 Å². The van der Waals surface area contributed by atoms with Crippen LogP contribution in [0.15, 0.2) is 48.5 Å². The monoisotopic (exact) mass is 483 g/mol. The van der Waals surface area contributed by atoms with E-state index >= 15 is 0 Å². The number of likely N-dealkylation sites (N-methyl/N-ethyl adjacent to an activating group) is 1. The first kappa shape index (κ1) is 26.0. The van der Waals surface area contributed by atoms with Crippen molar-refractivity contribution >= 4 is 18.3 Å². The van der Waals surface area contributed by atoms with Gasteiger partial charge in [0.05, 0.1) is 13.2 Å². The maximum Gasteiger partial charge on any atom is 0.327 e. The van der Waals surface area contributed by atoms with Gasteiger partial charge in [0.1, 0.15) is 29.7 Å². The Labute approximate surface area is 205 Å². The van der Waals surface area contributed by atoms with Crippen molar-refractivity contribution < 1.29 is 29.1 Å². The number of unbranched alkanes of at least 4 members (excludes halogenated alkanes) is 1. The number of hydrogen-bond acceptors (Lipinski definition) is 6. The molecule has 1 aliphatic heterocycles. The Morgan fingerprint density at radius 1 is 1.00 bits per heavy atom. The van der Waals surface area contributed by atoms with Gasteiger partial charge in [0.25, 0.3) is 5.91 Å². The van der Waals surface area contributed by atoms with Crippen molar-refractivity contribution in [2.45, 2.75) is 45.2 Å². The topological polar surface area (TPSA) is 99.6 Å². The van der Waals surface area contributed by atoms with E-state index in [-0.39, 0.29) is 19.6 Å². The predicted octanol–water partition coefficient (Wildman–Crippen LogP) is 3.80. The van der Waals surface area contributed by atoms with Gasteiger partial charge in [-0.2, -0.15) is 0 Å². The first-order valence-corrected chi connectivity index (χ1v) is 11.7. The smallest absolute Gasteiger partial charge is 0.327 e. The minimum atomic E-state index is -1.00. The van der Waals surface area contributed by atoms with Gasteiger partial charge in [-0.3, -0.25) is 19.7 Å². The summed E-state index contributed by atoms with van der Waals surface area (Å²) in [5.41, 5.74) is 1.02. The van der Waals surface area contributed by atoms with E-state index in [4.69, 9.17) is 9.47 Å². The Kier molecular flexibility index (Phi) is 8.34. The molecule has 1 N–H and O–H groups in total. The van der Waals surface area contributed by atoms with Crippen LogP contribution in [0.5, 0.6) is 11.5 Å². The van der Waals surface area contributed by atoms with Gasteiger partial charge in [0.2, 0.25) is 6.41 Å². The number of urea groups is 1. The van der Waals surface area contributed by atoms with Crippen LogP contribution in [-0.2, 0) is 9.59 Å². The van der Waals surface area contributed by atoms with Gasteiger partial charge in [0, 0.05) is 7.05 Å². The molecular weight excluding hydrogens is 450 g/mol. The fraction of sp³-hybridized carbons (Fsp3) is 0.423. The summed E-state index contributed by atoms with van der Waals surface area (Å²) in [4.78, 5) is 38.7. The van der Waals surface area contributed by atoms with Gasteiger partial charge in [0.15, 0.2) is 0 Å². The number of amides is 4. The quantitative estimate of drug-likeness (QED) is 0.162. The number of nitrogens with zero attached hydrogens (tertiary/aromatic N) is 3. The third-order valence-corrected chi connectivity index (χ3v) is 6.25. The second-order valence-corrected chi connectivity index (χ2v) is 9.02. The lowest BCUT2D eigenvalue weighted by atomic mass is 10.1. The minimum Gasteiger partial charge on any atom is -0.494 e. The predicted molar refractivity (Wildman–Crippen MR) is 130 cm³/mol. The normalized spacial score (nSPS) is 15.8. The fourth-order valence-electron chi connectivity index (χ4n) is 3.67. The number of imide groups is 1. The molecule has 1 saturated heterocycles. The molecule has 0 bridgehead atoms. The van der Waals surface area contributed by atoms with Gasteiger partial charge < -0.3 is 14.4 Å². The van der Waals surface area contributed by atoms with Crippen LogP contribution in [0.25, 0.3) is 11.1 Å². The molecule has 35 heavy (non-hydrogen) atoms. The van der Waals surface area contributed by atoms with Gasteiger partial charge in [-0.15, -0.1) is 0 Å². The van der Waals surface area contributed by atoms with Crippen LogP contribution in [0.2, 0.25) is 0 Å². The largest absolute Gasteiger partial charge is 0.494 e. The molecule has 0 spiro atoms. The molecule has 188 valence electrons. The van der Waals surface area contributed by atoms with E-state index in [1.54, 1.807) is 26.0 Å². The van der Waals surface area contributed by atoms with Gasteiger partial charge in [-0.25, -0.2) is 9.86 Å². The average Bonchev–Trinajstić information content (AvgIpc) is 3.01. The summed E-state index contributed by atoms with van der Waals surface area (Å²) in [6.07, 6.45) is 2.33. The van der Waals surface area contributed by atoms with Crippen LogP contribution < -0.4 is 9.47 Å². The number of carbonyl (C=O) groups excluding carboxylic acids is 3. The van der Waals surface area contributed by atoms with Crippen molar-refractivity contribution in [2.75, 3.05) is 26.8 Å². The SMILES string of the molecule is CCCCOc1ccc(-c2ccc(OC[C@@H](CN3C(=O)N(C)C(C)(C)C3=O)N(O)C=O)cc2)cc1. The second kappa shape index (κ2) is 11.2. The lowest BCUT2D eigenvalue weighted by Crippen LogP contribution is -2.48. The second-order valence-electron chi connectivity index (χ2n) is 9.02. The highest BCUT2D eigenvalue weighted by Crippen LogP contribution is 2.27. The number of benzene rings is 2. The third-order valence-electron chi connectivity index (χ3n) is 6.25. The molecule has 1 aliphatic rings. The van der Waals surface area contributed by atoms with E-state index < -0.39 is 23.5 Å². The molecule has 9 nitrogen and oxygen atoms in total. The minimum absolute atomic E-state index is 0.112. The van der Waals surface area contributed by atoms with E-state index in [1.165, 1.54) is 11.9 Å². The van der Waals surface area contributed by atoms with Gasteiger partial charge >= 0.3 is 6.03 Å². The molecule has 0 unspecified atom stereocenters. The van der Waals surface area contributed by atoms with Gasteiger partial charge in [-0.05, 0) is 55.7 Å². The van der Waals surface area contributed by atoms with Crippen molar-refractivity contribution in [3.8, 4) is 22.6 Å². The Hall–Kier alpha value is -3.59. The molecule has 1 fully saturated rings. The van der Waals surface area contributed by atoms with Crippen LogP contribution in [0.4, 0.5) is 4.79 Å². The summed E-state index contributed by atoms with van der Waals surface area (Å²) in [6.45, 7) is 5.81. The highest BCUT2D eigenvalue weighted by Gasteiger charge is 2.50.